The molecule has 27 heavy (non-hydrogen) atoms. The van der Waals surface area contributed by atoms with E-state index in [1.54, 1.807) is 18.2 Å². The molecule has 1 N–H and O–H groups in total. The second-order valence-corrected chi connectivity index (χ2v) is 6.78. The van der Waals surface area contributed by atoms with Crippen molar-refractivity contribution in [3.8, 4) is 6.07 Å². The Bertz CT molecular complexity index is 898. The van der Waals surface area contributed by atoms with Gasteiger partial charge in [0.25, 0.3) is 5.91 Å². The number of nitrogens with zero attached hydrogens (tertiary/aromatic N) is 2. The number of ether oxygens (including phenoxy) is 1. The van der Waals surface area contributed by atoms with E-state index in [4.69, 9.17) is 27.9 Å². The van der Waals surface area contributed by atoms with Crippen LogP contribution in [0.2, 0.25) is 10.0 Å². The first-order chi connectivity index (χ1) is 13.1. The lowest BCUT2D eigenvalue weighted by atomic mass is 10.1. The van der Waals surface area contributed by atoms with Gasteiger partial charge in [0, 0.05) is 23.8 Å². The van der Waals surface area contributed by atoms with Crippen LogP contribution in [0, 0.1) is 11.3 Å². The molecule has 5 nitrogen and oxygen atoms in total. The molecular formula is C20H17Cl2N3O2. The highest BCUT2D eigenvalue weighted by atomic mass is 35.5. The van der Waals surface area contributed by atoms with Crippen LogP contribution in [-0.2, 0) is 9.53 Å². The molecule has 2 aromatic carbocycles. The van der Waals surface area contributed by atoms with Gasteiger partial charge in [-0.25, -0.2) is 0 Å². The molecule has 0 aromatic heterocycles. The van der Waals surface area contributed by atoms with Crippen molar-refractivity contribution >= 4 is 46.6 Å². The largest absolute Gasteiger partial charge is 0.378 e. The van der Waals surface area contributed by atoms with E-state index in [2.05, 4.69) is 10.2 Å². The van der Waals surface area contributed by atoms with Crippen molar-refractivity contribution in [2.24, 2.45) is 0 Å². The zero-order valence-corrected chi connectivity index (χ0v) is 15.9. The normalized spacial score (nSPS) is 14.6. The summed E-state index contributed by atoms with van der Waals surface area (Å²) in [5.74, 6) is -0.529. The van der Waals surface area contributed by atoms with Crippen LogP contribution < -0.4 is 10.2 Å². The highest BCUT2D eigenvalue weighted by Gasteiger charge is 2.13. The highest BCUT2D eigenvalue weighted by Crippen LogP contribution is 2.26. The number of carbonyl (C=O) groups is 1. The standard InChI is InChI=1S/C20H17Cl2N3O2/c21-16-3-6-19(18(22)12-16)24-20(26)15(13-23)11-14-1-4-17(5-2-14)25-7-9-27-10-8-25/h1-6,11-12H,7-10H2,(H,24,26)/b15-11-. The van der Waals surface area contributed by atoms with E-state index in [0.29, 0.717) is 28.9 Å². The number of morpholine rings is 1. The van der Waals surface area contributed by atoms with Crippen molar-refractivity contribution in [3.05, 3.63) is 63.6 Å². The summed E-state index contributed by atoms with van der Waals surface area (Å²) in [5.41, 5.74) is 2.24. The Kier molecular flexibility index (Phi) is 6.36. The van der Waals surface area contributed by atoms with Crippen molar-refractivity contribution in [2.45, 2.75) is 0 Å². The summed E-state index contributed by atoms with van der Waals surface area (Å²) in [5, 5.41) is 12.8. The third kappa shape index (κ3) is 5.01. The minimum absolute atomic E-state index is 0.0138. The van der Waals surface area contributed by atoms with Gasteiger partial charge in [0.1, 0.15) is 11.6 Å². The molecule has 1 aliphatic heterocycles. The molecule has 1 fully saturated rings. The number of nitrogens with one attached hydrogen (secondary N) is 1. The number of hydrogen-bond donors (Lipinski definition) is 1. The molecule has 0 radical (unpaired) electrons. The van der Waals surface area contributed by atoms with Gasteiger partial charge in [-0.1, -0.05) is 35.3 Å². The smallest absolute Gasteiger partial charge is 0.266 e. The van der Waals surface area contributed by atoms with Gasteiger partial charge in [-0.05, 0) is 42.0 Å². The zero-order chi connectivity index (χ0) is 19.2. The van der Waals surface area contributed by atoms with Crippen LogP contribution >= 0.6 is 23.2 Å². The first-order valence-corrected chi connectivity index (χ1v) is 9.13. The summed E-state index contributed by atoms with van der Waals surface area (Å²) in [6.45, 7) is 3.13. The number of rotatable bonds is 4. The number of carbonyl (C=O) groups excluding carboxylic acids is 1. The van der Waals surface area contributed by atoms with Crippen LogP contribution in [0.25, 0.3) is 6.08 Å². The number of nitriles is 1. The van der Waals surface area contributed by atoms with Gasteiger partial charge in [-0.3, -0.25) is 4.79 Å². The molecule has 0 atom stereocenters. The fourth-order valence-corrected chi connectivity index (χ4v) is 3.15. The molecule has 1 heterocycles. The molecule has 0 spiro atoms. The summed E-state index contributed by atoms with van der Waals surface area (Å²) in [6.07, 6.45) is 1.54. The molecule has 0 saturated carbocycles. The van der Waals surface area contributed by atoms with Crippen LogP contribution in [0.5, 0.6) is 0 Å². The maximum atomic E-state index is 12.4. The van der Waals surface area contributed by atoms with Crippen molar-refractivity contribution in [2.75, 3.05) is 36.5 Å². The van der Waals surface area contributed by atoms with Gasteiger partial charge in [0.05, 0.1) is 23.9 Å². The lowest BCUT2D eigenvalue weighted by molar-refractivity contribution is -0.112. The lowest BCUT2D eigenvalue weighted by Gasteiger charge is -2.28. The fourth-order valence-electron chi connectivity index (χ4n) is 2.70. The molecular weight excluding hydrogens is 385 g/mol. The average molecular weight is 402 g/mol. The minimum Gasteiger partial charge on any atom is -0.378 e. The second-order valence-electron chi connectivity index (χ2n) is 5.94. The summed E-state index contributed by atoms with van der Waals surface area (Å²) in [7, 11) is 0. The van der Waals surface area contributed by atoms with Gasteiger partial charge in [0.2, 0.25) is 0 Å². The highest BCUT2D eigenvalue weighted by molar-refractivity contribution is 6.36. The van der Waals surface area contributed by atoms with Crippen molar-refractivity contribution < 1.29 is 9.53 Å². The molecule has 7 heteroatoms. The van der Waals surface area contributed by atoms with Crippen LogP contribution in [-0.4, -0.2) is 32.2 Å². The molecule has 1 aliphatic rings. The Morgan fingerprint density at radius 1 is 1.15 bits per heavy atom. The van der Waals surface area contributed by atoms with E-state index >= 15 is 0 Å². The van der Waals surface area contributed by atoms with Crippen molar-refractivity contribution in [1.82, 2.24) is 0 Å². The van der Waals surface area contributed by atoms with Gasteiger partial charge < -0.3 is 15.0 Å². The Morgan fingerprint density at radius 2 is 1.85 bits per heavy atom. The third-order valence-corrected chi connectivity index (χ3v) is 4.67. The quantitative estimate of drug-likeness (QED) is 0.609. The Morgan fingerprint density at radius 3 is 2.48 bits per heavy atom. The van der Waals surface area contributed by atoms with Gasteiger partial charge in [-0.2, -0.15) is 5.26 Å². The number of anilines is 2. The van der Waals surface area contributed by atoms with Crippen LogP contribution in [0.3, 0.4) is 0 Å². The van der Waals surface area contributed by atoms with Crippen molar-refractivity contribution in [3.63, 3.8) is 0 Å². The molecule has 138 valence electrons. The summed E-state index contributed by atoms with van der Waals surface area (Å²) >= 11 is 11.9. The second kappa shape index (κ2) is 8.92. The van der Waals surface area contributed by atoms with Crippen LogP contribution in [0.15, 0.2) is 48.0 Å². The molecule has 1 amide bonds. The summed E-state index contributed by atoms with van der Waals surface area (Å²) in [4.78, 5) is 14.6. The third-order valence-electron chi connectivity index (χ3n) is 4.12. The monoisotopic (exact) mass is 401 g/mol. The van der Waals surface area contributed by atoms with E-state index in [0.717, 1.165) is 24.3 Å². The van der Waals surface area contributed by atoms with E-state index in [9.17, 15) is 10.1 Å². The first kappa shape index (κ1) is 19.2. The average Bonchev–Trinajstić information content (AvgIpc) is 2.69. The predicted octanol–water partition coefficient (Wildman–Crippen LogP) is 4.38. The topological polar surface area (TPSA) is 65.4 Å². The summed E-state index contributed by atoms with van der Waals surface area (Å²) in [6, 6.07) is 14.4. The van der Waals surface area contributed by atoms with Gasteiger partial charge >= 0.3 is 0 Å². The predicted molar refractivity (Wildman–Crippen MR) is 108 cm³/mol. The van der Waals surface area contributed by atoms with E-state index in [-0.39, 0.29) is 5.57 Å². The number of hydrogen-bond acceptors (Lipinski definition) is 4. The molecule has 3 rings (SSSR count). The van der Waals surface area contributed by atoms with Gasteiger partial charge in [-0.15, -0.1) is 0 Å². The fraction of sp³-hybridized carbons (Fsp3) is 0.200. The van der Waals surface area contributed by atoms with Crippen LogP contribution in [0.4, 0.5) is 11.4 Å². The molecule has 1 saturated heterocycles. The maximum absolute atomic E-state index is 12.4. The zero-order valence-electron chi connectivity index (χ0n) is 14.4. The van der Waals surface area contributed by atoms with Crippen LogP contribution in [0.1, 0.15) is 5.56 Å². The first-order valence-electron chi connectivity index (χ1n) is 8.38. The maximum Gasteiger partial charge on any atom is 0.266 e. The van der Waals surface area contributed by atoms with E-state index in [1.165, 1.54) is 6.07 Å². The SMILES string of the molecule is N#C/C(=C/c1ccc(N2CCOCC2)cc1)C(=O)Nc1ccc(Cl)cc1Cl. The molecule has 0 bridgehead atoms. The number of amides is 1. The Balaban J connectivity index is 1.73. The Hall–Kier alpha value is -2.52. The number of halogens is 2. The molecule has 2 aromatic rings. The van der Waals surface area contributed by atoms with E-state index in [1.807, 2.05) is 30.3 Å². The molecule has 0 aliphatic carbocycles. The van der Waals surface area contributed by atoms with Gasteiger partial charge in [0.15, 0.2) is 0 Å². The van der Waals surface area contributed by atoms with Crippen molar-refractivity contribution in [1.29, 1.82) is 5.26 Å². The van der Waals surface area contributed by atoms with E-state index < -0.39 is 5.91 Å². The Labute approximate surface area is 167 Å². The summed E-state index contributed by atoms with van der Waals surface area (Å²) < 4.78 is 5.35. The number of benzene rings is 2. The lowest BCUT2D eigenvalue weighted by Crippen LogP contribution is -2.36. The molecule has 0 unspecified atom stereocenters. The minimum atomic E-state index is -0.529.